The molecule has 0 fully saturated rings. The average molecular weight is 271 g/mol. The molecule has 1 aromatic carbocycles. The summed E-state index contributed by atoms with van der Waals surface area (Å²) in [7, 11) is 0. The van der Waals surface area contributed by atoms with Gasteiger partial charge in [-0.15, -0.1) is 5.10 Å². The van der Waals surface area contributed by atoms with Gasteiger partial charge < -0.3 is 10.6 Å². The molecule has 2 N–H and O–H groups in total. The third kappa shape index (κ3) is 2.70. The molecule has 0 saturated carbocycles. The van der Waals surface area contributed by atoms with Crippen molar-refractivity contribution in [2.75, 3.05) is 13.1 Å². The summed E-state index contributed by atoms with van der Waals surface area (Å²) in [6.45, 7) is 2.00. The second kappa shape index (κ2) is 5.83. The molecular weight excluding hydrogens is 254 g/mol. The van der Waals surface area contributed by atoms with Gasteiger partial charge in [-0.25, -0.2) is 0 Å². The lowest BCUT2D eigenvalue weighted by molar-refractivity contribution is -0.123. The first kappa shape index (κ1) is 12.8. The fourth-order valence-corrected chi connectivity index (χ4v) is 2.49. The van der Waals surface area contributed by atoms with E-state index in [1.807, 2.05) is 18.2 Å². The number of carbonyl (C=O) groups is 1. The molecule has 1 aliphatic rings. The van der Waals surface area contributed by atoms with E-state index in [0.717, 1.165) is 18.5 Å². The van der Waals surface area contributed by atoms with Crippen molar-refractivity contribution < 1.29 is 4.79 Å². The molecule has 1 unspecified atom stereocenters. The summed E-state index contributed by atoms with van der Waals surface area (Å²) in [5.74, 6) is 0.0114. The summed E-state index contributed by atoms with van der Waals surface area (Å²) in [4.78, 5) is 12.3. The number of carbonyl (C=O) groups excluding carboxylic acids is 1. The quantitative estimate of drug-likeness (QED) is 0.838. The van der Waals surface area contributed by atoms with E-state index in [-0.39, 0.29) is 11.9 Å². The van der Waals surface area contributed by atoms with Gasteiger partial charge in [-0.2, -0.15) is 0 Å². The molecule has 1 aliphatic heterocycles. The molecule has 1 amide bonds. The molecule has 3 rings (SSSR count). The van der Waals surface area contributed by atoms with Crippen LogP contribution in [0.4, 0.5) is 0 Å². The molecule has 2 heterocycles. The molecule has 104 valence electrons. The zero-order valence-electron chi connectivity index (χ0n) is 11.1. The topological polar surface area (TPSA) is 71.8 Å². The zero-order chi connectivity index (χ0) is 13.8. The van der Waals surface area contributed by atoms with Gasteiger partial charge in [0.2, 0.25) is 5.91 Å². The van der Waals surface area contributed by atoms with Crippen LogP contribution in [0.25, 0.3) is 0 Å². The van der Waals surface area contributed by atoms with Crippen LogP contribution in [0, 0.1) is 0 Å². The SMILES string of the molecule is O=C(NCCn1ccnn1)C1NCCc2ccccc21. The molecule has 2 aromatic rings. The van der Waals surface area contributed by atoms with Crippen LogP contribution < -0.4 is 10.6 Å². The third-order valence-corrected chi connectivity index (χ3v) is 3.48. The van der Waals surface area contributed by atoms with Crippen molar-refractivity contribution in [3.8, 4) is 0 Å². The van der Waals surface area contributed by atoms with Crippen LogP contribution in [0.5, 0.6) is 0 Å². The molecular formula is C14H17N5O. The van der Waals surface area contributed by atoms with Crippen molar-refractivity contribution >= 4 is 5.91 Å². The van der Waals surface area contributed by atoms with Crippen molar-refractivity contribution in [2.45, 2.75) is 19.0 Å². The number of rotatable bonds is 4. The van der Waals surface area contributed by atoms with Crippen LogP contribution in [0.3, 0.4) is 0 Å². The van der Waals surface area contributed by atoms with Gasteiger partial charge in [0, 0.05) is 19.3 Å². The molecule has 1 atom stereocenters. The van der Waals surface area contributed by atoms with E-state index in [4.69, 9.17) is 0 Å². The minimum Gasteiger partial charge on any atom is -0.353 e. The van der Waals surface area contributed by atoms with Crippen LogP contribution >= 0.6 is 0 Å². The Balaban J connectivity index is 1.60. The van der Waals surface area contributed by atoms with Gasteiger partial charge in [-0.05, 0) is 17.5 Å². The number of benzene rings is 1. The summed E-state index contributed by atoms with van der Waals surface area (Å²) in [6.07, 6.45) is 4.37. The second-order valence-electron chi connectivity index (χ2n) is 4.79. The van der Waals surface area contributed by atoms with Crippen LogP contribution in [-0.4, -0.2) is 34.0 Å². The molecule has 0 spiro atoms. The number of hydrogen-bond acceptors (Lipinski definition) is 4. The number of nitrogens with one attached hydrogen (secondary N) is 2. The lowest BCUT2D eigenvalue weighted by Gasteiger charge is -2.26. The number of nitrogens with zero attached hydrogens (tertiary/aromatic N) is 3. The van der Waals surface area contributed by atoms with Crippen molar-refractivity contribution in [3.05, 3.63) is 47.8 Å². The number of hydrogen-bond donors (Lipinski definition) is 2. The largest absolute Gasteiger partial charge is 0.353 e. The molecule has 0 aliphatic carbocycles. The van der Waals surface area contributed by atoms with Crippen molar-refractivity contribution in [2.24, 2.45) is 0 Å². The summed E-state index contributed by atoms with van der Waals surface area (Å²) < 4.78 is 1.70. The monoisotopic (exact) mass is 271 g/mol. The highest BCUT2D eigenvalue weighted by molar-refractivity contribution is 5.83. The molecule has 20 heavy (non-hydrogen) atoms. The first-order valence-corrected chi connectivity index (χ1v) is 6.77. The van der Waals surface area contributed by atoms with E-state index in [1.165, 1.54) is 5.56 Å². The van der Waals surface area contributed by atoms with E-state index in [9.17, 15) is 4.79 Å². The van der Waals surface area contributed by atoms with Gasteiger partial charge in [-0.1, -0.05) is 29.5 Å². The Morgan fingerprint density at radius 1 is 1.45 bits per heavy atom. The molecule has 0 saturated heterocycles. The molecule has 0 bridgehead atoms. The lowest BCUT2D eigenvalue weighted by atomic mass is 9.94. The van der Waals surface area contributed by atoms with Gasteiger partial charge in [0.15, 0.2) is 0 Å². The maximum absolute atomic E-state index is 12.3. The van der Waals surface area contributed by atoms with Crippen molar-refractivity contribution in [3.63, 3.8) is 0 Å². The third-order valence-electron chi connectivity index (χ3n) is 3.48. The smallest absolute Gasteiger partial charge is 0.241 e. The first-order valence-electron chi connectivity index (χ1n) is 6.77. The van der Waals surface area contributed by atoms with Gasteiger partial charge in [0.1, 0.15) is 6.04 Å². The highest BCUT2D eigenvalue weighted by Crippen LogP contribution is 2.22. The Hall–Kier alpha value is -2.21. The van der Waals surface area contributed by atoms with Gasteiger partial charge in [0.05, 0.1) is 12.7 Å². The van der Waals surface area contributed by atoms with Gasteiger partial charge in [0.25, 0.3) is 0 Å². The van der Waals surface area contributed by atoms with Crippen molar-refractivity contribution in [1.82, 2.24) is 25.6 Å². The van der Waals surface area contributed by atoms with Crippen LogP contribution in [-0.2, 0) is 17.8 Å². The Labute approximate surface area is 117 Å². The van der Waals surface area contributed by atoms with E-state index < -0.39 is 0 Å². The maximum Gasteiger partial charge on any atom is 0.241 e. The minimum atomic E-state index is -0.254. The Bertz CT molecular complexity index is 581. The van der Waals surface area contributed by atoms with E-state index in [1.54, 1.807) is 17.1 Å². The normalized spacial score (nSPS) is 17.5. The van der Waals surface area contributed by atoms with Gasteiger partial charge in [-0.3, -0.25) is 9.48 Å². The van der Waals surface area contributed by atoms with Crippen LogP contribution in [0.2, 0.25) is 0 Å². The Morgan fingerprint density at radius 2 is 2.35 bits per heavy atom. The van der Waals surface area contributed by atoms with Gasteiger partial charge >= 0.3 is 0 Å². The Morgan fingerprint density at radius 3 is 3.20 bits per heavy atom. The van der Waals surface area contributed by atoms with Crippen LogP contribution in [0.1, 0.15) is 17.2 Å². The summed E-state index contributed by atoms with van der Waals surface area (Å²) in [5, 5.41) is 13.8. The van der Waals surface area contributed by atoms with E-state index in [0.29, 0.717) is 13.1 Å². The molecule has 6 heteroatoms. The number of aromatic nitrogens is 3. The van der Waals surface area contributed by atoms with Crippen LogP contribution in [0.15, 0.2) is 36.7 Å². The molecule has 1 aromatic heterocycles. The fourth-order valence-electron chi connectivity index (χ4n) is 2.49. The standard InChI is InChI=1S/C14H17N5O/c20-14(16-7-9-19-10-8-17-18-19)13-12-4-2-1-3-11(12)5-6-15-13/h1-4,8,10,13,15H,5-7,9H2,(H,16,20). The highest BCUT2D eigenvalue weighted by Gasteiger charge is 2.25. The lowest BCUT2D eigenvalue weighted by Crippen LogP contribution is -2.42. The first-order chi connectivity index (χ1) is 9.84. The maximum atomic E-state index is 12.3. The predicted molar refractivity (Wildman–Crippen MR) is 73.9 cm³/mol. The van der Waals surface area contributed by atoms with Crippen molar-refractivity contribution in [1.29, 1.82) is 0 Å². The zero-order valence-corrected chi connectivity index (χ0v) is 11.1. The second-order valence-corrected chi connectivity index (χ2v) is 4.79. The number of fused-ring (bicyclic) bond motifs is 1. The van der Waals surface area contributed by atoms with E-state index >= 15 is 0 Å². The van der Waals surface area contributed by atoms with E-state index in [2.05, 4.69) is 27.0 Å². The molecule has 6 nitrogen and oxygen atoms in total. The molecule has 0 radical (unpaired) electrons. The average Bonchev–Trinajstić information content (AvgIpc) is 3.00. The summed E-state index contributed by atoms with van der Waals surface area (Å²) in [5.41, 5.74) is 2.33. The fraction of sp³-hybridized carbons (Fsp3) is 0.357. The minimum absolute atomic E-state index is 0.0114. The highest BCUT2D eigenvalue weighted by atomic mass is 16.2. The summed E-state index contributed by atoms with van der Waals surface area (Å²) in [6, 6.07) is 7.84. The number of amides is 1. The summed E-state index contributed by atoms with van der Waals surface area (Å²) >= 11 is 0. The predicted octanol–water partition coefficient (Wildman–Crippen LogP) is 0.281. The Kier molecular flexibility index (Phi) is 3.73.